The van der Waals surface area contributed by atoms with Crippen molar-refractivity contribution in [3.8, 4) is 11.3 Å². The number of aromatic nitrogens is 1. The van der Waals surface area contributed by atoms with Crippen molar-refractivity contribution in [2.24, 2.45) is 0 Å². The summed E-state index contributed by atoms with van der Waals surface area (Å²) in [6, 6.07) is 12.2. The van der Waals surface area contributed by atoms with E-state index in [9.17, 15) is 4.39 Å². The fourth-order valence-corrected chi connectivity index (χ4v) is 1.28. The van der Waals surface area contributed by atoms with Gasteiger partial charge in [0, 0.05) is 5.56 Å². The van der Waals surface area contributed by atoms with E-state index in [1.165, 1.54) is 6.07 Å². The van der Waals surface area contributed by atoms with Crippen molar-refractivity contribution in [3.05, 3.63) is 59.7 Å². The number of hydrogen-bond donors (Lipinski definition) is 0. The van der Waals surface area contributed by atoms with Crippen molar-refractivity contribution < 1.29 is 4.39 Å². The van der Waals surface area contributed by atoms with E-state index >= 15 is 0 Å². The van der Waals surface area contributed by atoms with Gasteiger partial charge in [-0.3, -0.25) is 0 Å². The van der Waals surface area contributed by atoms with Crippen LogP contribution in [0.3, 0.4) is 0 Å². The first kappa shape index (κ1) is 9.35. The fourth-order valence-electron chi connectivity index (χ4n) is 1.28. The summed E-state index contributed by atoms with van der Waals surface area (Å²) in [7, 11) is 0. The molecule has 0 bridgehead atoms. The van der Waals surface area contributed by atoms with Crippen LogP contribution in [0.2, 0.25) is 0 Å². The Hall–Kier alpha value is -2.21. The van der Waals surface area contributed by atoms with E-state index in [1.807, 2.05) is 30.3 Å². The highest BCUT2D eigenvalue weighted by molar-refractivity contribution is 5.61. The normalized spacial score (nSPS) is 9.60. The van der Waals surface area contributed by atoms with Gasteiger partial charge in [0.15, 0.2) is 5.69 Å². The van der Waals surface area contributed by atoms with Crippen LogP contribution < -0.4 is 0 Å². The minimum atomic E-state index is -0.579. The summed E-state index contributed by atoms with van der Waals surface area (Å²) in [6.07, 6.45) is 0. The Morgan fingerprint density at radius 3 is 2.47 bits per heavy atom. The molecule has 1 aromatic carbocycles. The van der Waals surface area contributed by atoms with E-state index in [1.54, 1.807) is 6.07 Å². The van der Waals surface area contributed by atoms with Crippen molar-refractivity contribution in [1.82, 2.24) is 4.98 Å². The lowest BCUT2D eigenvalue weighted by molar-refractivity contribution is 0.629. The summed E-state index contributed by atoms with van der Waals surface area (Å²) in [5, 5.41) is 0. The van der Waals surface area contributed by atoms with Crippen molar-refractivity contribution in [2.75, 3.05) is 0 Å². The summed E-state index contributed by atoms with van der Waals surface area (Å²) < 4.78 is 13.0. The first-order valence-corrected chi connectivity index (χ1v) is 4.40. The first-order valence-electron chi connectivity index (χ1n) is 4.40. The summed E-state index contributed by atoms with van der Waals surface area (Å²) in [6.45, 7) is 6.77. The molecule has 1 aromatic heterocycles. The maximum absolute atomic E-state index is 13.0. The second-order valence-corrected chi connectivity index (χ2v) is 2.98. The van der Waals surface area contributed by atoms with Gasteiger partial charge in [0.2, 0.25) is 0 Å². The molecule has 0 aliphatic rings. The lowest BCUT2D eigenvalue weighted by Gasteiger charge is -1.97. The predicted molar refractivity (Wildman–Crippen MR) is 55.9 cm³/mol. The van der Waals surface area contributed by atoms with Crippen LogP contribution in [0, 0.1) is 12.4 Å². The molecule has 3 heteroatoms. The van der Waals surface area contributed by atoms with Crippen LogP contribution in [-0.2, 0) is 0 Å². The fraction of sp³-hybridized carbons (Fsp3) is 0. The Morgan fingerprint density at radius 1 is 1.07 bits per heavy atom. The van der Waals surface area contributed by atoms with Gasteiger partial charge in [-0.25, -0.2) is 4.39 Å². The van der Waals surface area contributed by atoms with Crippen molar-refractivity contribution in [3.63, 3.8) is 0 Å². The Balaban J connectivity index is 2.52. The molecule has 0 aliphatic carbocycles. The van der Waals surface area contributed by atoms with E-state index in [-0.39, 0.29) is 5.82 Å². The molecule has 0 amide bonds. The Labute approximate surface area is 86.8 Å². The van der Waals surface area contributed by atoms with E-state index in [0.717, 1.165) is 5.56 Å². The zero-order valence-corrected chi connectivity index (χ0v) is 7.81. The highest BCUT2D eigenvalue weighted by atomic mass is 19.1. The standard InChI is InChI=1S/C12H7FN2/c1-14-12-10(13)7-8-11(15-12)9-5-3-2-4-6-9/h2-8H. The molecular weight excluding hydrogens is 191 g/mol. The van der Waals surface area contributed by atoms with Crippen LogP contribution in [0.15, 0.2) is 42.5 Å². The summed E-state index contributed by atoms with van der Waals surface area (Å²) in [5.74, 6) is -0.763. The molecule has 0 unspecified atom stereocenters. The maximum atomic E-state index is 13.0. The Bertz CT molecular complexity index is 515. The molecule has 1 heterocycles. The molecule has 0 aliphatic heterocycles. The van der Waals surface area contributed by atoms with Crippen molar-refractivity contribution in [1.29, 1.82) is 0 Å². The zero-order valence-electron chi connectivity index (χ0n) is 7.81. The molecule has 2 rings (SSSR count). The van der Waals surface area contributed by atoms with E-state index in [2.05, 4.69) is 9.83 Å². The Morgan fingerprint density at radius 2 is 1.80 bits per heavy atom. The maximum Gasteiger partial charge on any atom is 0.306 e. The first-order chi connectivity index (χ1) is 7.31. The van der Waals surface area contributed by atoms with Crippen LogP contribution in [0.4, 0.5) is 10.2 Å². The smallest absolute Gasteiger partial charge is 0.306 e. The second kappa shape index (κ2) is 3.89. The van der Waals surface area contributed by atoms with Gasteiger partial charge in [0.1, 0.15) is 5.82 Å². The zero-order chi connectivity index (χ0) is 10.7. The SMILES string of the molecule is [C-]#[N+]c1nc(-c2ccccc2)ccc1F. The minimum Gasteiger partial charge on any atom is -0.358 e. The van der Waals surface area contributed by atoms with Gasteiger partial charge in [0.05, 0.1) is 0 Å². The van der Waals surface area contributed by atoms with Gasteiger partial charge < -0.3 is 4.85 Å². The lowest BCUT2D eigenvalue weighted by atomic mass is 10.1. The molecule has 0 fully saturated rings. The molecule has 0 N–H and O–H groups in total. The predicted octanol–water partition coefficient (Wildman–Crippen LogP) is 3.44. The molecule has 15 heavy (non-hydrogen) atoms. The summed E-state index contributed by atoms with van der Waals surface area (Å²) in [4.78, 5) is 6.95. The van der Waals surface area contributed by atoms with Gasteiger partial charge in [0.25, 0.3) is 0 Å². The molecule has 72 valence electrons. The average Bonchev–Trinajstić information content (AvgIpc) is 2.31. The molecule has 0 radical (unpaired) electrons. The number of pyridine rings is 1. The van der Waals surface area contributed by atoms with E-state index < -0.39 is 5.82 Å². The van der Waals surface area contributed by atoms with Crippen molar-refractivity contribution >= 4 is 5.82 Å². The molecule has 0 atom stereocenters. The van der Waals surface area contributed by atoms with Gasteiger partial charge >= 0.3 is 5.82 Å². The summed E-state index contributed by atoms with van der Waals surface area (Å²) in [5.41, 5.74) is 1.49. The van der Waals surface area contributed by atoms with Crippen LogP contribution >= 0.6 is 0 Å². The minimum absolute atomic E-state index is 0.184. The quantitative estimate of drug-likeness (QED) is 0.641. The number of hydrogen-bond acceptors (Lipinski definition) is 1. The van der Waals surface area contributed by atoms with E-state index in [4.69, 9.17) is 6.57 Å². The van der Waals surface area contributed by atoms with E-state index in [0.29, 0.717) is 5.69 Å². The van der Waals surface area contributed by atoms with Crippen LogP contribution in [0.5, 0.6) is 0 Å². The molecule has 2 aromatic rings. The average molecular weight is 198 g/mol. The van der Waals surface area contributed by atoms with Crippen LogP contribution in [0.25, 0.3) is 16.1 Å². The van der Waals surface area contributed by atoms with Gasteiger partial charge in [-0.1, -0.05) is 36.9 Å². The highest BCUT2D eigenvalue weighted by Crippen LogP contribution is 2.22. The summed E-state index contributed by atoms with van der Waals surface area (Å²) >= 11 is 0. The third kappa shape index (κ3) is 1.84. The second-order valence-electron chi connectivity index (χ2n) is 2.98. The molecular formula is C12H7FN2. The van der Waals surface area contributed by atoms with Crippen LogP contribution in [0.1, 0.15) is 0 Å². The third-order valence-corrected chi connectivity index (χ3v) is 2.00. The molecule has 0 saturated heterocycles. The highest BCUT2D eigenvalue weighted by Gasteiger charge is 2.08. The van der Waals surface area contributed by atoms with Gasteiger partial charge in [-0.05, 0) is 12.1 Å². The topological polar surface area (TPSA) is 17.2 Å². The number of nitrogens with zero attached hydrogens (tertiary/aromatic N) is 2. The van der Waals surface area contributed by atoms with Crippen molar-refractivity contribution in [2.45, 2.75) is 0 Å². The Kier molecular flexibility index (Phi) is 2.42. The van der Waals surface area contributed by atoms with Gasteiger partial charge in [-0.15, -0.1) is 4.98 Å². The number of rotatable bonds is 1. The molecule has 0 spiro atoms. The number of halogens is 1. The molecule has 2 nitrogen and oxygen atoms in total. The largest absolute Gasteiger partial charge is 0.358 e. The number of benzene rings is 1. The van der Waals surface area contributed by atoms with Gasteiger partial charge in [-0.2, -0.15) is 0 Å². The third-order valence-electron chi connectivity index (χ3n) is 2.00. The molecule has 0 saturated carbocycles. The lowest BCUT2D eigenvalue weighted by Crippen LogP contribution is -1.85. The monoisotopic (exact) mass is 198 g/mol. The van der Waals surface area contributed by atoms with Crippen LogP contribution in [-0.4, -0.2) is 4.98 Å².